The molecule has 2 rings (SSSR count). The van der Waals surface area contributed by atoms with Gasteiger partial charge in [-0.3, -0.25) is 4.72 Å². The second kappa shape index (κ2) is 9.34. The van der Waals surface area contributed by atoms with Gasteiger partial charge in [0.2, 0.25) is 10.0 Å². The highest BCUT2D eigenvalue weighted by atomic mass is 35.5. The molecule has 0 fully saturated rings. The molecule has 0 aliphatic carbocycles. The molecule has 2 aromatic carbocycles. The van der Waals surface area contributed by atoms with Crippen LogP contribution in [0.25, 0.3) is 0 Å². The fourth-order valence-electron chi connectivity index (χ4n) is 2.66. The number of rotatable bonds is 9. The van der Waals surface area contributed by atoms with Crippen molar-refractivity contribution in [2.24, 2.45) is 0 Å². The molecule has 160 valence electrons. The molecule has 0 spiro atoms. The van der Waals surface area contributed by atoms with E-state index < -0.39 is 20.0 Å². The van der Waals surface area contributed by atoms with Crippen LogP contribution in [-0.4, -0.2) is 40.3 Å². The van der Waals surface area contributed by atoms with Gasteiger partial charge in [0.1, 0.15) is 5.75 Å². The second-order valence-corrected chi connectivity index (χ2v) is 10.5. The molecule has 2 aromatic rings. The summed E-state index contributed by atoms with van der Waals surface area (Å²) < 4.78 is 60.7. The van der Waals surface area contributed by atoms with Crippen LogP contribution in [0.1, 0.15) is 27.7 Å². The number of benzene rings is 2. The fourth-order valence-corrected chi connectivity index (χ4v) is 5.50. The van der Waals surface area contributed by atoms with Crippen LogP contribution in [0, 0.1) is 0 Å². The van der Waals surface area contributed by atoms with Gasteiger partial charge in [0.25, 0.3) is 10.0 Å². The Kier molecular flexibility index (Phi) is 7.56. The second-order valence-electron chi connectivity index (χ2n) is 6.48. The van der Waals surface area contributed by atoms with Crippen molar-refractivity contribution in [3.63, 3.8) is 0 Å². The minimum atomic E-state index is -4.01. The van der Waals surface area contributed by atoms with Crippen molar-refractivity contribution in [1.29, 1.82) is 0 Å². The Hall–Kier alpha value is -1.81. The zero-order chi connectivity index (χ0) is 21.8. The van der Waals surface area contributed by atoms with E-state index in [2.05, 4.69) is 4.72 Å². The number of hydrogen-bond donors (Lipinski definition) is 1. The summed E-state index contributed by atoms with van der Waals surface area (Å²) in [7, 11) is -7.78. The van der Waals surface area contributed by atoms with Gasteiger partial charge < -0.3 is 4.74 Å². The Bertz CT molecular complexity index is 1070. The SMILES string of the molecule is CCN(CC)S(=O)(=O)c1ccc(OC(C)C)c(NS(=O)(=O)c2cccc(Cl)c2)c1. The standard InChI is InChI=1S/C19H25ClN2O5S2/c1-5-22(6-2)29(25,26)17-10-11-19(27-14(3)4)18(13-17)21-28(23,24)16-9-7-8-15(20)12-16/h7-14,21H,5-6H2,1-4H3. The Balaban J connectivity index is 2.55. The first-order valence-electron chi connectivity index (χ1n) is 9.10. The predicted octanol–water partition coefficient (Wildman–Crippen LogP) is 3.96. The van der Waals surface area contributed by atoms with Gasteiger partial charge in [0.15, 0.2) is 0 Å². The third-order valence-corrected chi connectivity index (χ3v) is 7.65. The molecule has 1 N–H and O–H groups in total. The van der Waals surface area contributed by atoms with Gasteiger partial charge in [-0.1, -0.05) is 31.5 Å². The highest BCUT2D eigenvalue weighted by molar-refractivity contribution is 7.92. The number of hydrogen-bond acceptors (Lipinski definition) is 5. The average Bonchev–Trinajstić information content (AvgIpc) is 2.63. The van der Waals surface area contributed by atoms with E-state index in [1.165, 1.54) is 40.7 Å². The molecule has 0 saturated carbocycles. The highest BCUT2D eigenvalue weighted by Gasteiger charge is 2.25. The zero-order valence-electron chi connectivity index (χ0n) is 16.7. The van der Waals surface area contributed by atoms with Gasteiger partial charge in [-0.15, -0.1) is 0 Å². The summed E-state index contributed by atoms with van der Waals surface area (Å²) in [5.74, 6) is 0.226. The molecule has 0 aliphatic rings. The average molecular weight is 461 g/mol. The molecule has 0 aromatic heterocycles. The van der Waals surface area contributed by atoms with E-state index in [4.69, 9.17) is 16.3 Å². The molecule has 0 atom stereocenters. The summed E-state index contributed by atoms with van der Waals surface area (Å²) in [6.07, 6.45) is -0.241. The molecule has 0 saturated heterocycles. The smallest absolute Gasteiger partial charge is 0.262 e. The van der Waals surface area contributed by atoms with Crippen molar-refractivity contribution in [3.05, 3.63) is 47.5 Å². The van der Waals surface area contributed by atoms with E-state index >= 15 is 0 Å². The lowest BCUT2D eigenvalue weighted by molar-refractivity contribution is 0.243. The lowest BCUT2D eigenvalue weighted by Gasteiger charge is -2.21. The van der Waals surface area contributed by atoms with Crippen molar-refractivity contribution in [1.82, 2.24) is 4.31 Å². The molecular weight excluding hydrogens is 436 g/mol. The van der Waals surface area contributed by atoms with Crippen LogP contribution in [0.2, 0.25) is 5.02 Å². The van der Waals surface area contributed by atoms with Crippen LogP contribution < -0.4 is 9.46 Å². The van der Waals surface area contributed by atoms with Crippen molar-refractivity contribution < 1.29 is 21.6 Å². The van der Waals surface area contributed by atoms with Crippen LogP contribution in [0.5, 0.6) is 5.75 Å². The maximum atomic E-state index is 12.9. The first-order chi connectivity index (χ1) is 13.5. The van der Waals surface area contributed by atoms with Gasteiger partial charge in [-0.05, 0) is 50.2 Å². The van der Waals surface area contributed by atoms with E-state index in [1.807, 2.05) is 0 Å². The first kappa shape index (κ1) is 23.5. The molecule has 0 amide bonds. The van der Waals surface area contributed by atoms with Crippen molar-refractivity contribution in [3.8, 4) is 5.75 Å². The molecule has 0 heterocycles. The first-order valence-corrected chi connectivity index (χ1v) is 12.4. The fraction of sp³-hybridized carbons (Fsp3) is 0.368. The van der Waals surface area contributed by atoms with Crippen LogP contribution in [-0.2, 0) is 20.0 Å². The predicted molar refractivity (Wildman–Crippen MR) is 115 cm³/mol. The van der Waals surface area contributed by atoms with Crippen molar-refractivity contribution >= 4 is 37.3 Å². The quantitative estimate of drug-likeness (QED) is 0.611. The van der Waals surface area contributed by atoms with Gasteiger partial charge >= 0.3 is 0 Å². The summed E-state index contributed by atoms with van der Waals surface area (Å²) in [4.78, 5) is -0.0707. The largest absolute Gasteiger partial charge is 0.489 e. The van der Waals surface area contributed by atoms with Crippen molar-refractivity contribution in [2.45, 2.75) is 43.6 Å². The molecule has 0 bridgehead atoms. The topological polar surface area (TPSA) is 92.8 Å². The molecule has 29 heavy (non-hydrogen) atoms. The zero-order valence-corrected chi connectivity index (χ0v) is 19.1. The molecule has 0 aliphatic heterocycles. The van der Waals surface area contributed by atoms with E-state index in [0.29, 0.717) is 13.1 Å². The molecule has 0 unspecified atom stereocenters. The van der Waals surface area contributed by atoms with E-state index in [1.54, 1.807) is 33.8 Å². The van der Waals surface area contributed by atoms with E-state index in [0.717, 1.165) is 0 Å². The highest BCUT2D eigenvalue weighted by Crippen LogP contribution is 2.32. The number of nitrogens with zero attached hydrogens (tertiary/aromatic N) is 1. The van der Waals surface area contributed by atoms with Crippen LogP contribution >= 0.6 is 11.6 Å². The van der Waals surface area contributed by atoms with Gasteiger partial charge in [0.05, 0.1) is 21.6 Å². The van der Waals surface area contributed by atoms with Gasteiger partial charge in [-0.2, -0.15) is 4.31 Å². The maximum absolute atomic E-state index is 12.9. The van der Waals surface area contributed by atoms with Crippen LogP contribution in [0.4, 0.5) is 5.69 Å². The Morgan fingerprint density at radius 3 is 2.21 bits per heavy atom. The Morgan fingerprint density at radius 1 is 1.00 bits per heavy atom. The Morgan fingerprint density at radius 2 is 1.66 bits per heavy atom. The number of anilines is 1. The van der Waals surface area contributed by atoms with Gasteiger partial charge in [0, 0.05) is 18.1 Å². The number of nitrogens with one attached hydrogen (secondary N) is 1. The summed E-state index contributed by atoms with van der Waals surface area (Å²) in [5.41, 5.74) is 0.0342. The molecule has 7 nitrogen and oxygen atoms in total. The lowest BCUT2D eigenvalue weighted by Crippen LogP contribution is -2.30. The third kappa shape index (κ3) is 5.63. The number of sulfonamides is 2. The normalized spacial score (nSPS) is 12.4. The minimum Gasteiger partial charge on any atom is -0.489 e. The number of halogens is 1. The maximum Gasteiger partial charge on any atom is 0.262 e. The molecule has 10 heteroatoms. The summed E-state index contributed by atoms with van der Waals surface area (Å²) in [5, 5.41) is 0.268. The number of ether oxygens (including phenoxy) is 1. The third-order valence-electron chi connectivity index (χ3n) is 4.01. The van der Waals surface area contributed by atoms with E-state index in [9.17, 15) is 16.8 Å². The summed E-state index contributed by atoms with van der Waals surface area (Å²) >= 11 is 5.90. The van der Waals surface area contributed by atoms with Crippen LogP contribution in [0.15, 0.2) is 52.3 Å². The summed E-state index contributed by atoms with van der Waals surface area (Å²) in [6.45, 7) is 7.64. The van der Waals surface area contributed by atoms with E-state index in [-0.39, 0.29) is 32.4 Å². The Labute approximate surface area is 177 Å². The van der Waals surface area contributed by atoms with Crippen molar-refractivity contribution in [2.75, 3.05) is 17.8 Å². The molecule has 0 radical (unpaired) electrons. The van der Waals surface area contributed by atoms with Gasteiger partial charge in [-0.25, -0.2) is 16.8 Å². The monoisotopic (exact) mass is 460 g/mol. The summed E-state index contributed by atoms with van der Waals surface area (Å²) in [6, 6.07) is 9.91. The molecular formula is C19H25ClN2O5S2. The van der Waals surface area contributed by atoms with Crippen LogP contribution in [0.3, 0.4) is 0 Å². The lowest BCUT2D eigenvalue weighted by atomic mass is 10.3. The minimum absolute atomic E-state index is 0.0268.